The predicted molar refractivity (Wildman–Crippen MR) is 121 cm³/mol. The van der Waals surface area contributed by atoms with E-state index in [1.165, 1.54) is 6.20 Å². The molecule has 0 radical (unpaired) electrons. The summed E-state index contributed by atoms with van der Waals surface area (Å²) in [6, 6.07) is 10.9. The second-order valence-electron chi connectivity index (χ2n) is 8.33. The Labute approximate surface area is 186 Å². The maximum atomic E-state index is 12.2. The van der Waals surface area contributed by atoms with Gasteiger partial charge in [-0.05, 0) is 44.8 Å². The number of aromatic nitrogens is 1. The van der Waals surface area contributed by atoms with E-state index < -0.39 is 24.4 Å². The summed E-state index contributed by atoms with van der Waals surface area (Å²) < 4.78 is 17.5. The van der Waals surface area contributed by atoms with Crippen LogP contribution in [-0.4, -0.2) is 35.9 Å². The van der Waals surface area contributed by atoms with Gasteiger partial charge in [0.15, 0.2) is 0 Å². The first-order chi connectivity index (χ1) is 14.6. The van der Waals surface area contributed by atoms with E-state index in [1.54, 1.807) is 12.1 Å². The molecule has 1 fully saturated rings. The van der Waals surface area contributed by atoms with Gasteiger partial charge in [0, 0.05) is 18.3 Å². The summed E-state index contributed by atoms with van der Waals surface area (Å²) in [5.74, 6) is 0. The van der Waals surface area contributed by atoms with Gasteiger partial charge in [-0.15, -0.1) is 0 Å². The van der Waals surface area contributed by atoms with Crippen LogP contribution >= 0.6 is 11.6 Å². The molecule has 1 aromatic carbocycles. The first kappa shape index (κ1) is 23.1. The zero-order valence-corrected chi connectivity index (χ0v) is 18.8. The van der Waals surface area contributed by atoms with Gasteiger partial charge < -0.3 is 24.3 Å². The smallest absolute Gasteiger partial charge is 0.445 e. The van der Waals surface area contributed by atoms with Crippen LogP contribution in [0.5, 0.6) is 0 Å². The molecule has 0 unspecified atom stereocenters. The number of halogens is 1. The summed E-state index contributed by atoms with van der Waals surface area (Å²) >= 11 is 6.03. The maximum Gasteiger partial charge on any atom is 0.492 e. The number of aromatic amines is 1. The van der Waals surface area contributed by atoms with Gasteiger partial charge in [-0.25, -0.2) is 4.79 Å². The van der Waals surface area contributed by atoms with E-state index in [9.17, 15) is 9.59 Å². The second kappa shape index (κ2) is 9.30. The van der Waals surface area contributed by atoms with E-state index in [0.29, 0.717) is 16.1 Å². The Morgan fingerprint density at radius 3 is 2.48 bits per heavy atom. The molecule has 0 spiro atoms. The highest BCUT2D eigenvalue weighted by molar-refractivity contribution is 6.56. The molecule has 3 rings (SSSR count). The summed E-state index contributed by atoms with van der Waals surface area (Å²) in [5, 5.41) is 3.09. The third-order valence-electron chi connectivity index (χ3n) is 5.44. The van der Waals surface area contributed by atoms with Crippen molar-refractivity contribution in [3.8, 4) is 0 Å². The zero-order chi connectivity index (χ0) is 22.6. The lowest BCUT2D eigenvalue weighted by atomic mass is 9.77. The van der Waals surface area contributed by atoms with Crippen LogP contribution < -0.4 is 10.9 Å². The highest BCUT2D eigenvalue weighted by Gasteiger charge is 2.52. The monoisotopic (exact) mass is 444 g/mol. The molecule has 2 N–H and O–H groups in total. The van der Waals surface area contributed by atoms with Gasteiger partial charge in [-0.3, -0.25) is 4.79 Å². The second-order valence-corrected chi connectivity index (χ2v) is 8.76. The van der Waals surface area contributed by atoms with Gasteiger partial charge in [0.2, 0.25) is 0 Å². The van der Waals surface area contributed by atoms with Gasteiger partial charge >= 0.3 is 13.2 Å². The third kappa shape index (κ3) is 5.78. The molecule has 1 aliphatic rings. The van der Waals surface area contributed by atoms with Crippen molar-refractivity contribution >= 4 is 30.9 Å². The minimum absolute atomic E-state index is 0.0659. The normalized spacial score (nSPS) is 17.5. The van der Waals surface area contributed by atoms with E-state index in [0.717, 1.165) is 5.56 Å². The number of carbonyl (C=O) groups is 1. The van der Waals surface area contributed by atoms with Gasteiger partial charge in [0.05, 0.1) is 16.2 Å². The van der Waals surface area contributed by atoms with Crippen LogP contribution in [0.3, 0.4) is 0 Å². The molecule has 1 saturated heterocycles. The Kier molecular flexibility index (Phi) is 6.94. The number of rotatable bonds is 6. The van der Waals surface area contributed by atoms with Crippen molar-refractivity contribution in [3.63, 3.8) is 0 Å². The molecule has 0 bridgehead atoms. The van der Waals surface area contributed by atoms with Crippen molar-refractivity contribution in [2.75, 3.05) is 6.54 Å². The molecule has 1 amide bonds. The lowest BCUT2D eigenvalue weighted by Gasteiger charge is -2.32. The number of pyridine rings is 1. The van der Waals surface area contributed by atoms with Crippen LogP contribution in [0.15, 0.2) is 52.9 Å². The van der Waals surface area contributed by atoms with Crippen molar-refractivity contribution in [2.45, 2.75) is 45.5 Å². The van der Waals surface area contributed by atoms with Crippen LogP contribution in [0.1, 0.15) is 38.8 Å². The molecule has 164 valence electrons. The van der Waals surface area contributed by atoms with Crippen LogP contribution in [0.25, 0.3) is 6.08 Å². The van der Waals surface area contributed by atoms with Gasteiger partial charge in [0.25, 0.3) is 5.56 Å². The van der Waals surface area contributed by atoms with Crippen LogP contribution in [0.4, 0.5) is 4.79 Å². The van der Waals surface area contributed by atoms with Crippen molar-refractivity contribution in [1.29, 1.82) is 0 Å². The number of hydrogen-bond donors (Lipinski definition) is 2. The molecule has 2 aromatic rings. The summed E-state index contributed by atoms with van der Waals surface area (Å²) in [7, 11) is -0.752. The standard InChI is InChI=1S/C22H26BClN2O5/c1-21(2)22(3,4)31-23(30-21)17(10-16-11-18(24)13-25-19(16)27)12-26-20(28)29-14-15-8-6-5-7-9-15/h5-11,13H,12,14H2,1-4H3,(H,25,27)(H,26,28). The first-order valence-electron chi connectivity index (χ1n) is 9.96. The number of nitrogens with one attached hydrogen (secondary N) is 2. The summed E-state index contributed by atoms with van der Waals surface area (Å²) in [5.41, 5.74) is 0.297. The third-order valence-corrected chi connectivity index (χ3v) is 5.66. The average Bonchev–Trinajstić information content (AvgIpc) is 2.94. The first-order valence-corrected chi connectivity index (χ1v) is 10.3. The van der Waals surface area contributed by atoms with E-state index in [4.69, 9.17) is 25.6 Å². The summed E-state index contributed by atoms with van der Waals surface area (Å²) in [6.45, 7) is 7.93. The number of ether oxygens (including phenoxy) is 1. The molecular formula is C22H26BClN2O5. The van der Waals surface area contributed by atoms with E-state index in [-0.39, 0.29) is 18.7 Å². The van der Waals surface area contributed by atoms with E-state index in [2.05, 4.69) is 10.3 Å². The molecule has 2 heterocycles. The fourth-order valence-corrected chi connectivity index (χ4v) is 3.10. The van der Waals surface area contributed by atoms with Crippen molar-refractivity contribution in [1.82, 2.24) is 10.3 Å². The van der Waals surface area contributed by atoms with Gasteiger partial charge in [-0.1, -0.05) is 48.0 Å². The highest BCUT2D eigenvalue weighted by atomic mass is 35.5. The quantitative estimate of drug-likeness (QED) is 0.658. The molecule has 0 aliphatic carbocycles. The van der Waals surface area contributed by atoms with E-state index in [1.807, 2.05) is 58.0 Å². The Hall–Kier alpha value is -2.55. The van der Waals surface area contributed by atoms with Crippen LogP contribution in [-0.2, 0) is 20.7 Å². The largest absolute Gasteiger partial charge is 0.492 e. The molecule has 31 heavy (non-hydrogen) atoms. The number of amides is 1. The lowest BCUT2D eigenvalue weighted by Crippen LogP contribution is -2.41. The Morgan fingerprint density at radius 2 is 1.84 bits per heavy atom. The Morgan fingerprint density at radius 1 is 1.19 bits per heavy atom. The van der Waals surface area contributed by atoms with Crippen molar-refractivity contribution in [2.24, 2.45) is 0 Å². The van der Waals surface area contributed by atoms with E-state index >= 15 is 0 Å². The molecule has 0 atom stereocenters. The topological polar surface area (TPSA) is 89.7 Å². The fourth-order valence-electron chi connectivity index (χ4n) is 2.93. The Balaban J connectivity index is 1.76. The molecule has 0 saturated carbocycles. The van der Waals surface area contributed by atoms with Gasteiger partial charge in [0.1, 0.15) is 6.61 Å². The Bertz CT molecular complexity index is 1000. The molecule has 1 aliphatic heterocycles. The minimum atomic E-state index is -0.752. The number of alkyl carbamates (subject to hydrolysis) is 1. The predicted octanol–water partition coefficient (Wildman–Crippen LogP) is 3.97. The molecule has 7 nitrogen and oxygen atoms in total. The molecular weight excluding hydrogens is 419 g/mol. The average molecular weight is 445 g/mol. The highest BCUT2D eigenvalue weighted by Crippen LogP contribution is 2.38. The van der Waals surface area contributed by atoms with Crippen LogP contribution in [0.2, 0.25) is 5.02 Å². The maximum absolute atomic E-state index is 12.2. The molecule has 1 aromatic heterocycles. The molecule has 9 heteroatoms. The minimum Gasteiger partial charge on any atom is -0.445 e. The number of hydrogen-bond acceptors (Lipinski definition) is 5. The fraction of sp³-hybridized carbons (Fsp3) is 0.364. The number of H-pyrrole nitrogens is 1. The summed E-state index contributed by atoms with van der Waals surface area (Å²) in [6.07, 6.45) is 2.44. The van der Waals surface area contributed by atoms with Crippen molar-refractivity contribution < 1.29 is 18.8 Å². The van der Waals surface area contributed by atoms with Gasteiger partial charge in [-0.2, -0.15) is 0 Å². The number of carbonyl (C=O) groups excluding carboxylic acids is 1. The summed E-state index contributed by atoms with van der Waals surface area (Å²) in [4.78, 5) is 27.0. The SMILES string of the molecule is CC1(C)OB(C(=Cc2cc(Cl)c[nH]c2=O)CNC(=O)OCc2ccccc2)OC1(C)C. The van der Waals surface area contributed by atoms with Crippen molar-refractivity contribution in [3.05, 3.63) is 74.6 Å². The number of benzene rings is 1. The zero-order valence-electron chi connectivity index (χ0n) is 18.0. The van der Waals surface area contributed by atoms with Crippen LogP contribution in [0, 0.1) is 0 Å². The lowest BCUT2D eigenvalue weighted by molar-refractivity contribution is 0.00578.